The number of nitrogens with two attached hydrogens (primary N) is 3. The molecule has 3 aromatic heterocycles. The highest BCUT2D eigenvalue weighted by molar-refractivity contribution is 8.00. The maximum atomic E-state index is 15.7. The number of primary amides is 2. The van der Waals surface area contributed by atoms with E-state index in [2.05, 4.69) is 78.4 Å². The Morgan fingerprint density at radius 1 is 0.556 bits per heavy atom. The number of H-pyrrole nitrogens is 3. The minimum Gasteiger partial charge on any atom is -0.394 e. The average molecular weight is 1870 g/mol. The summed E-state index contributed by atoms with van der Waals surface area (Å²) in [6, 6.07) is 4.17. The smallest absolute Gasteiger partial charge is 0.246 e. The van der Waals surface area contributed by atoms with Crippen molar-refractivity contribution in [3.63, 3.8) is 0 Å². The van der Waals surface area contributed by atoms with Gasteiger partial charge in [-0.2, -0.15) is 0 Å². The van der Waals surface area contributed by atoms with Crippen molar-refractivity contribution >= 4 is 140 Å². The van der Waals surface area contributed by atoms with Gasteiger partial charge in [0.05, 0.1) is 38.2 Å². The van der Waals surface area contributed by atoms with Gasteiger partial charge in [0.1, 0.15) is 78.0 Å². The number of nitrogens with one attached hydrogen (secondary N) is 15. The second-order valence-corrected chi connectivity index (χ2v) is 35.3. The minimum atomic E-state index is -1.85. The van der Waals surface area contributed by atoms with E-state index >= 15 is 38.4 Å². The van der Waals surface area contributed by atoms with Crippen LogP contribution in [0.25, 0.3) is 21.8 Å². The molecule has 0 bridgehead atoms. The highest BCUT2D eigenvalue weighted by Crippen LogP contribution is 2.32. The zero-order chi connectivity index (χ0) is 97.5. The number of carbonyl (C=O) groups is 17. The molecule has 8 rings (SSSR count). The van der Waals surface area contributed by atoms with Gasteiger partial charge in [0.15, 0.2) is 5.96 Å². The molecule has 2 aliphatic heterocycles. The number of amides is 17. The number of rotatable bonds is 26. The molecule has 2 aliphatic rings. The van der Waals surface area contributed by atoms with E-state index in [0.29, 0.717) is 69.9 Å². The molecule has 0 unspecified atom stereocenters. The predicted octanol–water partition coefficient (Wildman–Crippen LogP) is -1.75. The number of thioether (sulfide) groups is 1. The highest BCUT2D eigenvalue weighted by atomic mass is 32.2. The number of guanidine groups is 1. The van der Waals surface area contributed by atoms with E-state index in [0.717, 1.165) is 36.3 Å². The first-order valence-electron chi connectivity index (χ1n) is 44.6. The zero-order valence-corrected chi connectivity index (χ0v) is 77.6. The summed E-state index contributed by atoms with van der Waals surface area (Å²) < 4.78 is 0. The molecule has 0 aliphatic carbocycles. The quantitative estimate of drug-likeness (QED) is 0.0163. The topological polar surface area (TPSA) is 621 Å². The number of aliphatic hydroxyl groups excluding tert-OH is 1. The first-order valence-corrected chi connectivity index (χ1v) is 45.7. The van der Waals surface area contributed by atoms with E-state index in [9.17, 15) is 48.3 Å². The van der Waals surface area contributed by atoms with Crippen molar-refractivity contribution in [1.82, 2.24) is 103 Å². The summed E-state index contributed by atoms with van der Waals surface area (Å²) in [6.07, 6.45) is 5.92. The summed E-state index contributed by atoms with van der Waals surface area (Å²) in [5, 5.41) is 49.5. The fourth-order valence-corrected chi connectivity index (χ4v) is 16.9. The molecular formula is C90H128N24O18S. The van der Waals surface area contributed by atoms with Crippen LogP contribution in [0.15, 0.2) is 104 Å². The fraction of sp³-hybridized carbons (Fsp3) is 0.522. The van der Waals surface area contributed by atoms with Gasteiger partial charge >= 0.3 is 0 Å². The van der Waals surface area contributed by atoms with Crippen LogP contribution >= 0.6 is 11.8 Å². The second kappa shape index (κ2) is 50.2. The number of fused-ring (bicyclic) bond motifs is 3. The number of unbranched alkanes of at least 4 members (excludes halogenated alkanes) is 2. The number of aromatic amines is 3. The molecule has 0 spiro atoms. The Hall–Kier alpha value is -13.5. The summed E-state index contributed by atoms with van der Waals surface area (Å²) >= 11 is 0.795. The van der Waals surface area contributed by atoms with Crippen LogP contribution in [0.3, 0.4) is 0 Å². The van der Waals surface area contributed by atoms with Crippen molar-refractivity contribution < 1.29 is 86.6 Å². The van der Waals surface area contributed by atoms with E-state index in [4.69, 9.17) is 22.6 Å². The third kappa shape index (κ3) is 29.8. The molecule has 2 fully saturated rings. The van der Waals surface area contributed by atoms with Crippen LogP contribution in [0.4, 0.5) is 0 Å². The van der Waals surface area contributed by atoms with Crippen LogP contribution in [0, 0.1) is 11.3 Å². The van der Waals surface area contributed by atoms with Gasteiger partial charge < -0.3 is 120 Å². The van der Waals surface area contributed by atoms with Crippen LogP contribution < -0.4 is 75.7 Å². The molecule has 133 heavy (non-hydrogen) atoms. The molecule has 6 aromatic rings. The molecule has 13 atom stereocenters. The molecule has 0 saturated carbocycles. The standard InChI is InChI=1S/C90H128N24O18S/c1-11-13-31-70-82(126)103-61(30-22-34-96-89(93)94)78(122)108-69(77(121)99-45-73(92)117)48-133-49-75(119)102-65(37-53-24-16-15-17-25-53)84(128)111(8)52(5)76(120)104-67(41-72(91)116)86(130)114-35-23-33-90(114,6)88(132)109-63(40-56-44-95-50-100-56)80(124)105-64(36-51(3)4)83(127)110(7)46-74(118)101-62(38-54-42-97-59-28-20-18-26-57(54)59)79(123)107-68(47-115)81(125)106-66(39-55-43-98-60-29-21-19-27-58(55)60)85(129)113(10)71(32-14-12-2)87(131)112(70)9/h15-21,24-29,42-44,50-52,61-71,97-98,115H,11-14,22-23,30-41,45-49H2,1-10H3,(H2,91,116)(H2,92,117)(H,95,100)(H,99,121)(H,101,118)(H,102,119)(H,103,126)(H,104,120)(H,105,124)(H,106,125)(H,107,123)(H,108,122)(H,109,132)(H4,93,94,96)/t52-,61-,62-,63-,64-,65-,66-,67-,68-,69-,70-,71-,90-/m0/s1. The summed E-state index contributed by atoms with van der Waals surface area (Å²) in [6.45, 7) is 7.32. The lowest BCUT2D eigenvalue weighted by Gasteiger charge is -2.37. The van der Waals surface area contributed by atoms with Gasteiger partial charge in [-0.15, -0.1) is 11.8 Å². The SMILES string of the molecule is CCCC[C@H]1C(=O)N(C)[C@@H](CCCC)C(=O)N[C@@H](CCCNC(=N)N)C(=O)N[C@H](C(=O)NCC(N)=O)CSCC(=O)N[C@@H](Cc2ccccc2)C(=O)N(C)[C@@H](C)C(=O)N[C@@H](CC(N)=O)C(=O)N2CCC[C@@]2(C)C(=O)N[C@@H](Cc2cnc[nH]2)C(=O)N[C@@H](CC(C)C)C(=O)N(C)CC(=O)N[C@@H](Cc2c[nH]c3ccccc23)C(=O)N[C@@H](CO)C(=O)N[C@@H](Cc2c[nH]c3ccccc23)C(=O)N1C. The van der Waals surface area contributed by atoms with Crippen molar-refractivity contribution in [2.24, 2.45) is 23.1 Å². The molecule has 17 amide bonds. The number of benzene rings is 3. The Kier molecular flexibility index (Phi) is 39.6. The molecule has 42 nitrogen and oxygen atoms in total. The Labute approximate surface area is 775 Å². The van der Waals surface area contributed by atoms with Gasteiger partial charge in [0.25, 0.3) is 0 Å². The first kappa shape index (κ1) is 105. The Morgan fingerprint density at radius 3 is 1.69 bits per heavy atom. The maximum Gasteiger partial charge on any atom is 0.246 e. The van der Waals surface area contributed by atoms with E-state index in [-0.39, 0.29) is 89.6 Å². The predicted molar refractivity (Wildman–Crippen MR) is 494 cm³/mol. The van der Waals surface area contributed by atoms with Gasteiger partial charge in [-0.05, 0) is 93.5 Å². The average Bonchev–Trinajstić information content (AvgIpc) is 1.64. The van der Waals surface area contributed by atoms with Crippen LogP contribution in [0.1, 0.15) is 141 Å². The lowest BCUT2D eigenvalue weighted by atomic mass is 9.95. The van der Waals surface area contributed by atoms with Gasteiger partial charge in [0.2, 0.25) is 100 Å². The maximum absolute atomic E-state index is 15.7. The number of para-hydroxylation sites is 2. The third-order valence-corrected chi connectivity index (χ3v) is 24.7. The molecule has 43 heteroatoms. The fourth-order valence-electron chi connectivity index (χ4n) is 16.1. The highest BCUT2D eigenvalue weighted by Gasteiger charge is 2.50. The van der Waals surface area contributed by atoms with Crippen LogP contribution in [0.5, 0.6) is 0 Å². The van der Waals surface area contributed by atoms with E-state index in [1.807, 2.05) is 13.8 Å². The summed E-state index contributed by atoms with van der Waals surface area (Å²) in [5.74, 6) is -17.2. The van der Waals surface area contributed by atoms with Crippen molar-refractivity contribution in [3.8, 4) is 0 Å². The third-order valence-electron chi connectivity index (χ3n) is 23.7. The molecular weight excluding hydrogens is 1740 g/mol. The normalized spacial score (nSPS) is 24.0. The molecule has 2 saturated heterocycles. The summed E-state index contributed by atoms with van der Waals surface area (Å²) in [5.41, 5.74) is 18.3. The molecule has 0 radical (unpaired) electrons. The Balaban J connectivity index is 1.19. The van der Waals surface area contributed by atoms with Crippen LogP contribution in [-0.4, -0.2) is 306 Å². The lowest BCUT2D eigenvalue weighted by Crippen LogP contribution is -2.64. The number of nitrogens with zero attached hydrogens (tertiary/aromatic N) is 6. The van der Waals surface area contributed by atoms with E-state index < -0.39 is 222 Å². The van der Waals surface area contributed by atoms with Crippen LogP contribution in [-0.2, 0) is 107 Å². The number of aromatic nitrogens is 4. The number of hydrogen-bond donors (Lipinski definition) is 19. The van der Waals surface area contributed by atoms with Gasteiger partial charge in [-0.3, -0.25) is 86.9 Å². The van der Waals surface area contributed by atoms with Crippen LogP contribution in [0.2, 0.25) is 0 Å². The van der Waals surface area contributed by atoms with Crippen molar-refractivity contribution in [2.45, 2.75) is 222 Å². The van der Waals surface area contributed by atoms with Crippen molar-refractivity contribution in [3.05, 3.63) is 126 Å². The summed E-state index contributed by atoms with van der Waals surface area (Å²) in [4.78, 5) is 268. The number of likely N-dealkylation sites (N-methyl/N-ethyl adjacent to an activating group) is 4. The first-order chi connectivity index (χ1) is 63.3. The molecule has 3 aromatic carbocycles. The Bertz CT molecular complexity index is 5110. The monoisotopic (exact) mass is 1860 g/mol. The van der Waals surface area contributed by atoms with Crippen molar-refractivity contribution in [2.75, 3.05) is 72.5 Å². The van der Waals surface area contributed by atoms with Gasteiger partial charge in [-0.1, -0.05) is 120 Å². The Morgan fingerprint density at radius 2 is 1.10 bits per heavy atom. The molecule has 722 valence electrons. The van der Waals surface area contributed by atoms with E-state index in [1.165, 1.54) is 54.6 Å². The second-order valence-electron chi connectivity index (χ2n) is 34.3. The van der Waals surface area contributed by atoms with E-state index in [1.54, 1.807) is 105 Å². The van der Waals surface area contributed by atoms with Gasteiger partial charge in [-0.25, -0.2) is 4.98 Å². The number of imidazole rings is 1. The number of aliphatic hydroxyl groups is 1. The number of carbonyl (C=O) groups excluding carboxylic acids is 17. The minimum absolute atomic E-state index is 0.000674. The zero-order valence-electron chi connectivity index (χ0n) is 76.8. The largest absolute Gasteiger partial charge is 0.394 e. The van der Waals surface area contributed by atoms with Gasteiger partial charge in [0, 0.05) is 119 Å². The molecule has 22 N–H and O–H groups in total. The molecule has 5 heterocycles. The number of hydrogen-bond acceptors (Lipinski definition) is 21. The lowest BCUT2D eigenvalue weighted by molar-refractivity contribution is -0.149. The summed E-state index contributed by atoms with van der Waals surface area (Å²) in [7, 11) is 5.25. The van der Waals surface area contributed by atoms with Crippen molar-refractivity contribution in [1.29, 1.82) is 5.41 Å².